The van der Waals surface area contributed by atoms with Crippen LogP contribution in [0.4, 0.5) is 4.79 Å². The molecule has 1 heterocycles. The summed E-state index contributed by atoms with van der Waals surface area (Å²) in [6.07, 6.45) is -0.125. The van der Waals surface area contributed by atoms with Crippen LogP contribution < -0.4 is 5.32 Å². The van der Waals surface area contributed by atoms with Gasteiger partial charge >= 0.3 is 6.09 Å². The van der Waals surface area contributed by atoms with Crippen LogP contribution in [0.25, 0.3) is 0 Å². The van der Waals surface area contributed by atoms with E-state index in [1.165, 1.54) is 4.90 Å². The predicted molar refractivity (Wildman–Crippen MR) is 93.8 cm³/mol. The molecule has 0 radical (unpaired) electrons. The maximum atomic E-state index is 12.7. The molecule has 2 atom stereocenters. The minimum absolute atomic E-state index is 0.0586. The van der Waals surface area contributed by atoms with E-state index >= 15 is 0 Å². The van der Waals surface area contributed by atoms with Crippen molar-refractivity contribution in [1.29, 1.82) is 0 Å². The molecule has 0 spiro atoms. The van der Waals surface area contributed by atoms with Crippen LogP contribution in [0.5, 0.6) is 0 Å². The average Bonchev–Trinajstić information content (AvgIpc) is 2.91. The quantitative estimate of drug-likeness (QED) is 0.858. The summed E-state index contributed by atoms with van der Waals surface area (Å²) in [7, 11) is 0. The lowest BCUT2D eigenvalue weighted by Crippen LogP contribution is -2.48. The van der Waals surface area contributed by atoms with Crippen LogP contribution in [0.1, 0.15) is 32.8 Å². The zero-order valence-corrected chi connectivity index (χ0v) is 15.0. The van der Waals surface area contributed by atoms with Crippen molar-refractivity contribution in [3.05, 3.63) is 35.9 Å². The summed E-state index contributed by atoms with van der Waals surface area (Å²) in [6, 6.07) is 8.67. The third-order valence-corrected chi connectivity index (χ3v) is 4.21. The van der Waals surface area contributed by atoms with E-state index in [0.717, 1.165) is 5.56 Å². The van der Waals surface area contributed by atoms with Crippen molar-refractivity contribution in [2.75, 3.05) is 13.1 Å². The molecule has 1 unspecified atom stereocenters. The van der Waals surface area contributed by atoms with Gasteiger partial charge in [0.1, 0.15) is 12.6 Å². The maximum Gasteiger partial charge on any atom is 0.408 e. The number of amides is 2. The Bertz CT molecular complexity index is 615. The Hall–Kier alpha value is -2.37. The number of hydrogen-bond donors (Lipinski definition) is 1. The number of rotatable bonds is 6. The summed E-state index contributed by atoms with van der Waals surface area (Å²) in [5, 5.41) is 2.66. The summed E-state index contributed by atoms with van der Waals surface area (Å²) in [5.74, 6) is -0.0841. The highest BCUT2D eigenvalue weighted by Gasteiger charge is 2.35. The number of likely N-dealkylation sites (tertiary alicyclic amines) is 1. The van der Waals surface area contributed by atoms with Gasteiger partial charge in [-0.1, -0.05) is 51.1 Å². The molecule has 25 heavy (non-hydrogen) atoms. The summed E-state index contributed by atoms with van der Waals surface area (Å²) in [6.45, 7) is 6.45. The Kier molecular flexibility index (Phi) is 6.56. The summed E-state index contributed by atoms with van der Waals surface area (Å²) in [5.41, 5.74) is 0.878. The first-order valence-electron chi connectivity index (χ1n) is 8.65. The lowest BCUT2D eigenvalue weighted by Gasteiger charge is -2.24. The SMILES string of the molecule is CC(C)C[C@H](NC(=O)OCc1ccccc1)C(=O)N1CC(=O)C(C)C1. The Morgan fingerprint density at radius 3 is 2.52 bits per heavy atom. The second-order valence-corrected chi connectivity index (χ2v) is 6.97. The Balaban J connectivity index is 1.93. The van der Waals surface area contributed by atoms with Crippen LogP contribution in [0.2, 0.25) is 0 Å². The van der Waals surface area contributed by atoms with Crippen LogP contribution in [0.15, 0.2) is 30.3 Å². The van der Waals surface area contributed by atoms with Gasteiger partial charge in [0, 0.05) is 12.5 Å². The van der Waals surface area contributed by atoms with Gasteiger partial charge in [-0.2, -0.15) is 0 Å². The van der Waals surface area contributed by atoms with Crippen LogP contribution in [0, 0.1) is 11.8 Å². The second kappa shape index (κ2) is 8.65. The fourth-order valence-corrected chi connectivity index (χ4v) is 2.83. The number of ether oxygens (including phenoxy) is 1. The molecule has 1 saturated heterocycles. The molecule has 0 aromatic heterocycles. The molecule has 2 amide bonds. The fourth-order valence-electron chi connectivity index (χ4n) is 2.83. The Morgan fingerprint density at radius 2 is 1.96 bits per heavy atom. The van der Waals surface area contributed by atoms with E-state index in [-0.39, 0.29) is 36.7 Å². The highest BCUT2D eigenvalue weighted by Crippen LogP contribution is 2.16. The standard InChI is InChI=1S/C19H26N2O4/c1-13(2)9-16(18(23)21-10-14(3)17(22)11-21)20-19(24)25-12-15-7-5-4-6-8-15/h4-8,13-14,16H,9-12H2,1-3H3,(H,20,24)/t14?,16-/m0/s1. The normalized spacial score (nSPS) is 18.3. The number of nitrogens with zero attached hydrogens (tertiary/aromatic N) is 1. The molecular weight excluding hydrogens is 320 g/mol. The summed E-state index contributed by atoms with van der Waals surface area (Å²) >= 11 is 0. The Labute approximate surface area is 148 Å². The van der Waals surface area contributed by atoms with Gasteiger partial charge in [-0.15, -0.1) is 0 Å². The molecule has 6 heteroatoms. The van der Waals surface area contributed by atoms with Gasteiger partial charge in [0.15, 0.2) is 5.78 Å². The molecule has 1 aliphatic heterocycles. The highest BCUT2D eigenvalue weighted by atomic mass is 16.5. The molecule has 0 aliphatic carbocycles. The number of carbonyl (C=O) groups excluding carboxylic acids is 3. The molecule has 1 aromatic carbocycles. The van der Waals surface area contributed by atoms with Crippen LogP contribution >= 0.6 is 0 Å². The first kappa shape index (κ1) is 19.0. The molecule has 6 nitrogen and oxygen atoms in total. The zero-order valence-electron chi connectivity index (χ0n) is 15.0. The predicted octanol–water partition coefficient (Wildman–Crippen LogP) is 2.37. The molecule has 2 rings (SSSR count). The molecular formula is C19H26N2O4. The van der Waals surface area contributed by atoms with E-state index in [4.69, 9.17) is 4.74 Å². The molecule has 1 N–H and O–H groups in total. The smallest absolute Gasteiger partial charge is 0.408 e. The first-order valence-corrected chi connectivity index (χ1v) is 8.65. The monoisotopic (exact) mass is 346 g/mol. The van der Waals surface area contributed by atoms with Crippen LogP contribution in [0.3, 0.4) is 0 Å². The minimum Gasteiger partial charge on any atom is -0.445 e. The second-order valence-electron chi connectivity index (χ2n) is 6.97. The van der Waals surface area contributed by atoms with Gasteiger partial charge < -0.3 is 15.0 Å². The van der Waals surface area contributed by atoms with Crippen LogP contribution in [-0.4, -0.2) is 41.8 Å². The lowest BCUT2D eigenvalue weighted by atomic mass is 10.0. The van der Waals surface area contributed by atoms with E-state index in [0.29, 0.717) is 13.0 Å². The van der Waals surface area contributed by atoms with Gasteiger partial charge in [0.2, 0.25) is 5.91 Å². The van der Waals surface area contributed by atoms with Crippen molar-refractivity contribution in [3.8, 4) is 0 Å². The van der Waals surface area contributed by atoms with E-state index in [2.05, 4.69) is 5.32 Å². The van der Waals surface area contributed by atoms with Gasteiger partial charge in [-0.3, -0.25) is 9.59 Å². The minimum atomic E-state index is -0.679. The number of nitrogens with one attached hydrogen (secondary N) is 1. The van der Waals surface area contributed by atoms with Gasteiger partial charge in [-0.25, -0.2) is 4.79 Å². The third-order valence-electron chi connectivity index (χ3n) is 4.21. The molecule has 136 valence electrons. The van der Waals surface area contributed by atoms with Gasteiger partial charge in [0.05, 0.1) is 6.54 Å². The number of alkyl carbamates (subject to hydrolysis) is 1. The van der Waals surface area contributed by atoms with Crippen molar-refractivity contribution >= 4 is 17.8 Å². The summed E-state index contributed by atoms with van der Waals surface area (Å²) < 4.78 is 5.21. The van der Waals surface area contributed by atoms with Crippen molar-refractivity contribution in [2.24, 2.45) is 11.8 Å². The third kappa shape index (κ3) is 5.59. The zero-order chi connectivity index (χ0) is 18.4. The number of Topliss-reactive ketones (excluding diaryl/α,β-unsaturated/α-hetero) is 1. The van der Waals surface area contributed by atoms with E-state index < -0.39 is 12.1 Å². The summed E-state index contributed by atoms with van der Waals surface area (Å²) in [4.78, 5) is 38.0. The van der Waals surface area contributed by atoms with Crippen molar-refractivity contribution in [3.63, 3.8) is 0 Å². The lowest BCUT2D eigenvalue weighted by molar-refractivity contribution is -0.134. The first-order chi connectivity index (χ1) is 11.9. The topological polar surface area (TPSA) is 75.7 Å². The van der Waals surface area contributed by atoms with Crippen molar-refractivity contribution in [1.82, 2.24) is 10.2 Å². The van der Waals surface area contributed by atoms with E-state index in [1.807, 2.05) is 51.1 Å². The number of hydrogen-bond acceptors (Lipinski definition) is 4. The fraction of sp³-hybridized carbons (Fsp3) is 0.526. The van der Waals surface area contributed by atoms with Gasteiger partial charge in [0.25, 0.3) is 0 Å². The van der Waals surface area contributed by atoms with Gasteiger partial charge in [-0.05, 0) is 17.9 Å². The van der Waals surface area contributed by atoms with Crippen molar-refractivity contribution in [2.45, 2.75) is 39.8 Å². The molecule has 0 saturated carbocycles. The van der Waals surface area contributed by atoms with Crippen molar-refractivity contribution < 1.29 is 19.1 Å². The molecule has 0 bridgehead atoms. The highest BCUT2D eigenvalue weighted by molar-refractivity contribution is 5.93. The maximum absolute atomic E-state index is 12.7. The molecule has 1 fully saturated rings. The number of ketones is 1. The number of carbonyl (C=O) groups is 3. The van der Waals surface area contributed by atoms with E-state index in [9.17, 15) is 14.4 Å². The van der Waals surface area contributed by atoms with E-state index in [1.54, 1.807) is 0 Å². The van der Waals surface area contributed by atoms with Crippen LogP contribution in [-0.2, 0) is 20.9 Å². The molecule has 1 aromatic rings. The Morgan fingerprint density at radius 1 is 1.28 bits per heavy atom. The largest absolute Gasteiger partial charge is 0.445 e. The average molecular weight is 346 g/mol. The molecule has 1 aliphatic rings. The number of benzene rings is 1.